The van der Waals surface area contributed by atoms with Crippen molar-refractivity contribution in [2.24, 2.45) is 5.41 Å². The van der Waals surface area contributed by atoms with E-state index in [1.54, 1.807) is 7.11 Å². The molecule has 1 saturated carbocycles. The van der Waals surface area contributed by atoms with Crippen molar-refractivity contribution in [3.8, 4) is 5.75 Å². The number of ether oxygens (including phenoxy) is 1. The highest BCUT2D eigenvalue weighted by molar-refractivity contribution is 6.03. The fourth-order valence-electron chi connectivity index (χ4n) is 3.63. The molecule has 1 amide bonds. The van der Waals surface area contributed by atoms with Crippen molar-refractivity contribution in [2.75, 3.05) is 12.4 Å². The summed E-state index contributed by atoms with van der Waals surface area (Å²) in [5.74, 6) is 0.945. The molecule has 0 radical (unpaired) electrons. The van der Waals surface area contributed by atoms with E-state index in [0.29, 0.717) is 0 Å². The average Bonchev–Trinajstić information content (AvgIpc) is 3.38. The van der Waals surface area contributed by atoms with Gasteiger partial charge in [0.25, 0.3) is 0 Å². The molecule has 1 aliphatic heterocycles. The maximum absolute atomic E-state index is 12.7. The van der Waals surface area contributed by atoms with Crippen LogP contribution in [0.15, 0.2) is 48.5 Å². The summed E-state index contributed by atoms with van der Waals surface area (Å²) in [6.45, 7) is 2.08. The normalized spacial score (nSPS) is 20.8. The van der Waals surface area contributed by atoms with Crippen LogP contribution in [0.3, 0.4) is 0 Å². The van der Waals surface area contributed by atoms with E-state index in [-0.39, 0.29) is 17.2 Å². The van der Waals surface area contributed by atoms with Gasteiger partial charge in [0.2, 0.25) is 5.91 Å². The largest absolute Gasteiger partial charge is 0.495 e. The lowest BCUT2D eigenvalue weighted by molar-refractivity contribution is -0.121. The first-order valence-electron chi connectivity index (χ1n) is 8.37. The number of benzene rings is 2. The van der Waals surface area contributed by atoms with E-state index < -0.39 is 0 Å². The van der Waals surface area contributed by atoms with Gasteiger partial charge in [-0.3, -0.25) is 4.79 Å². The number of anilines is 1. The molecule has 0 aromatic heterocycles. The molecule has 1 heterocycles. The molecule has 2 aromatic rings. The van der Waals surface area contributed by atoms with E-state index in [1.165, 1.54) is 5.56 Å². The summed E-state index contributed by atoms with van der Waals surface area (Å²) in [5, 5.41) is 3.07. The molecule has 1 spiro atoms. The molecule has 1 unspecified atom stereocenters. The molecule has 1 fully saturated rings. The first-order chi connectivity index (χ1) is 11.6. The third-order valence-corrected chi connectivity index (χ3v) is 5.25. The number of carbonyl (C=O) groups is 1. The molecule has 122 valence electrons. The number of fused-ring (bicyclic) bond motifs is 1. The lowest BCUT2D eigenvalue weighted by Gasteiger charge is -2.32. The Kier molecular flexibility index (Phi) is 3.45. The van der Waals surface area contributed by atoms with Gasteiger partial charge in [0.05, 0.1) is 18.2 Å². The number of allylic oxidation sites excluding steroid dienone is 1. The van der Waals surface area contributed by atoms with E-state index in [9.17, 15) is 4.79 Å². The zero-order chi connectivity index (χ0) is 16.7. The molecule has 1 aliphatic carbocycles. The molecule has 24 heavy (non-hydrogen) atoms. The maximum Gasteiger partial charge on any atom is 0.231 e. The first-order valence-corrected chi connectivity index (χ1v) is 8.37. The quantitative estimate of drug-likeness (QED) is 0.902. The zero-order valence-corrected chi connectivity index (χ0v) is 14.0. The number of amides is 1. The third-order valence-electron chi connectivity index (χ3n) is 5.25. The summed E-state index contributed by atoms with van der Waals surface area (Å²) >= 11 is 0. The molecule has 3 heteroatoms. The summed E-state index contributed by atoms with van der Waals surface area (Å²) in [7, 11) is 1.64. The van der Waals surface area contributed by atoms with Crippen molar-refractivity contribution in [3.63, 3.8) is 0 Å². The highest BCUT2D eigenvalue weighted by Crippen LogP contribution is 2.61. The predicted molar refractivity (Wildman–Crippen MR) is 96.2 cm³/mol. The Morgan fingerprint density at radius 1 is 1.17 bits per heavy atom. The van der Waals surface area contributed by atoms with Crippen molar-refractivity contribution in [1.29, 1.82) is 0 Å². The lowest BCUT2D eigenvalue weighted by Crippen LogP contribution is -2.34. The number of hydrogen-bond donors (Lipinski definition) is 1. The first kappa shape index (κ1) is 15.0. The highest BCUT2D eigenvalue weighted by atomic mass is 16.5. The Bertz CT molecular complexity index is 816. The SMILES string of the molecule is COc1cccc2c1NC(=O)C1(CC1)C2/C=C/c1ccc(C)cc1. The molecule has 0 bridgehead atoms. The minimum atomic E-state index is -0.277. The number of hydrogen-bond acceptors (Lipinski definition) is 2. The number of carbonyl (C=O) groups excluding carboxylic acids is 1. The summed E-state index contributed by atoms with van der Waals surface area (Å²) in [6.07, 6.45) is 6.21. The van der Waals surface area contributed by atoms with Crippen molar-refractivity contribution < 1.29 is 9.53 Å². The number of aryl methyl sites for hydroxylation is 1. The lowest BCUT2D eigenvalue weighted by atomic mass is 9.78. The Hall–Kier alpha value is -2.55. The van der Waals surface area contributed by atoms with E-state index in [4.69, 9.17) is 4.74 Å². The van der Waals surface area contributed by atoms with Crippen LogP contribution in [0.1, 0.15) is 35.4 Å². The minimum Gasteiger partial charge on any atom is -0.495 e. The molecule has 3 nitrogen and oxygen atoms in total. The molecule has 4 rings (SSSR count). The average molecular weight is 319 g/mol. The Labute approximate surface area is 142 Å². The minimum absolute atomic E-state index is 0.0950. The third kappa shape index (κ3) is 2.32. The smallest absolute Gasteiger partial charge is 0.231 e. The van der Waals surface area contributed by atoms with E-state index >= 15 is 0 Å². The molecule has 1 N–H and O–H groups in total. The number of nitrogens with one attached hydrogen (secondary N) is 1. The summed E-state index contributed by atoms with van der Waals surface area (Å²) in [5.41, 5.74) is 4.10. The molecular weight excluding hydrogens is 298 g/mol. The van der Waals surface area contributed by atoms with Gasteiger partial charge in [0, 0.05) is 5.92 Å². The van der Waals surface area contributed by atoms with E-state index in [0.717, 1.165) is 35.4 Å². The Morgan fingerprint density at radius 2 is 1.92 bits per heavy atom. The standard InChI is InChI=1S/C21H21NO2/c1-14-6-8-15(9-7-14)10-11-17-16-4-3-5-18(24-2)19(16)22-20(23)21(17)12-13-21/h3-11,17H,12-13H2,1-2H3,(H,22,23)/b11-10+. The topological polar surface area (TPSA) is 38.3 Å². The van der Waals surface area contributed by atoms with Gasteiger partial charge in [-0.2, -0.15) is 0 Å². The van der Waals surface area contributed by atoms with E-state index in [2.05, 4.69) is 54.7 Å². The van der Waals surface area contributed by atoms with Crippen LogP contribution in [-0.2, 0) is 4.79 Å². The highest BCUT2D eigenvalue weighted by Gasteiger charge is 2.58. The van der Waals surface area contributed by atoms with Gasteiger partial charge in [-0.05, 0) is 37.0 Å². The van der Waals surface area contributed by atoms with Gasteiger partial charge in [0.1, 0.15) is 5.75 Å². The predicted octanol–water partition coefficient (Wildman–Crippen LogP) is 4.53. The van der Waals surface area contributed by atoms with Gasteiger partial charge in [-0.25, -0.2) is 0 Å². The Balaban J connectivity index is 1.76. The van der Waals surface area contributed by atoms with Gasteiger partial charge < -0.3 is 10.1 Å². The Morgan fingerprint density at radius 3 is 2.58 bits per heavy atom. The van der Waals surface area contributed by atoms with Crippen molar-refractivity contribution >= 4 is 17.7 Å². The second-order valence-corrected chi connectivity index (χ2v) is 6.78. The zero-order valence-electron chi connectivity index (χ0n) is 14.0. The van der Waals surface area contributed by atoms with Gasteiger partial charge in [-0.1, -0.05) is 54.1 Å². The maximum atomic E-state index is 12.7. The van der Waals surface area contributed by atoms with Crippen LogP contribution in [0.25, 0.3) is 6.08 Å². The number of rotatable bonds is 3. The van der Waals surface area contributed by atoms with Gasteiger partial charge >= 0.3 is 0 Å². The summed E-state index contributed by atoms with van der Waals surface area (Å²) in [4.78, 5) is 12.7. The van der Waals surface area contributed by atoms with Crippen molar-refractivity contribution in [3.05, 3.63) is 65.2 Å². The number of para-hydroxylation sites is 1. The molecule has 2 aliphatic rings. The van der Waals surface area contributed by atoms with Crippen LogP contribution in [0.2, 0.25) is 0 Å². The van der Waals surface area contributed by atoms with Gasteiger partial charge in [-0.15, -0.1) is 0 Å². The molecule has 0 saturated heterocycles. The fraction of sp³-hybridized carbons (Fsp3) is 0.286. The molecular formula is C21H21NO2. The molecule has 1 atom stereocenters. The van der Waals surface area contributed by atoms with Crippen LogP contribution in [0, 0.1) is 12.3 Å². The van der Waals surface area contributed by atoms with Gasteiger partial charge in [0.15, 0.2) is 0 Å². The number of methoxy groups -OCH3 is 1. The summed E-state index contributed by atoms with van der Waals surface area (Å²) < 4.78 is 5.43. The van der Waals surface area contributed by atoms with Crippen molar-refractivity contribution in [1.82, 2.24) is 0 Å². The van der Waals surface area contributed by atoms with Crippen LogP contribution in [-0.4, -0.2) is 13.0 Å². The van der Waals surface area contributed by atoms with E-state index in [1.807, 2.05) is 12.1 Å². The monoisotopic (exact) mass is 319 g/mol. The fourth-order valence-corrected chi connectivity index (χ4v) is 3.63. The van der Waals surface area contributed by atoms with Crippen LogP contribution in [0.5, 0.6) is 5.75 Å². The van der Waals surface area contributed by atoms with Crippen LogP contribution in [0.4, 0.5) is 5.69 Å². The van der Waals surface area contributed by atoms with Crippen molar-refractivity contribution in [2.45, 2.75) is 25.7 Å². The van der Waals surface area contributed by atoms with Crippen LogP contribution >= 0.6 is 0 Å². The summed E-state index contributed by atoms with van der Waals surface area (Å²) in [6, 6.07) is 14.4. The second-order valence-electron chi connectivity index (χ2n) is 6.78. The van der Waals surface area contributed by atoms with Crippen LogP contribution < -0.4 is 10.1 Å². The second kappa shape index (κ2) is 5.52. The molecule has 2 aromatic carbocycles.